The Hall–Kier alpha value is -2.34. The fourth-order valence-corrected chi connectivity index (χ4v) is 2.50. The van der Waals surface area contributed by atoms with Crippen molar-refractivity contribution in [1.29, 1.82) is 0 Å². The van der Waals surface area contributed by atoms with Crippen molar-refractivity contribution in [1.82, 2.24) is 0 Å². The molecule has 1 N–H and O–H groups in total. The lowest BCUT2D eigenvalue weighted by molar-refractivity contribution is -0.107. The van der Waals surface area contributed by atoms with Crippen LogP contribution >= 0.6 is 0 Å². The van der Waals surface area contributed by atoms with Crippen LogP contribution in [0.3, 0.4) is 0 Å². The van der Waals surface area contributed by atoms with Crippen molar-refractivity contribution >= 4 is 22.0 Å². The number of nitrogens with one attached hydrogen (secondary N) is 1. The van der Waals surface area contributed by atoms with Crippen molar-refractivity contribution in [2.75, 3.05) is 11.0 Å². The van der Waals surface area contributed by atoms with Crippen molar-refractivity contribution in [2.45, 2.75) is 13.0 Å². The highest BCUT2D eigenvalue weighted by Gasteiger charge is 2.10. The van der Waals surface area contributed by atoms with Gasteiger partial charge in [0.2, 0.25) is 10.0 Å². The molecule has 5 nitrogen and oxygen atoms in total. The highest BCUT2D eigenvalue weighted by atomic mass is 32.2. The summed E-state index contributed by atoms with van der Waals surface area (Å²) in [7, 11) is -3.43. The monoisotopic (exact) mass is 319 g/mol. The fourth-order valence-electron chi connectivity index (χ4n) is 1.94. The van der Waals surface area contributed by atoms with Gasteiger partial charge in [-0.3, -0.25) is 4.72 Å². The molecule has 0 fully saturated rings. The number of hydrogen-bond donors (Lipinski definition) is 1. The lowest BCUT2D eigenvalue weighted by atomic mass is 10.1. The average molecular weight is 319 g/mol. The van der Waals surface area contributed by atoms with Crippen LogP contribution in [0.4, 0.5) is 5.69 Å². The van der Waals surface area contributed by atoms with Gasteiger partial charge in [-0.1, -0.05) is 36.4 Å². The first-order valence-corrected chi connectivity index (χ1v) is 8.58. The van der Waals surface area contributed by atoms with Crippen molar-refractivity contribution in [3.8, 4) is 5.75 Å². The van der Waals surface area contributed by atoms with Gasteiger partial charge in [0.25, 0.3) is 0 Å². The third kappa shape index (κ3) is 4.89. The molecular formula is C16H17NO4S. The first-order valence-electron chi connectivity index (χ1n) is 6.69. The summed E-state index contributed by atoms with van der Waals surface area (Å²) in [6.07, 6.45) is 2.06. The van der Waals surface area contributed by atoms with E-state index in [4.69, 9.17) is 4.74 Å². The van der Waals surface area contributed by atoms with Crippen molar-refractivity contribution in [3.05, 3.63) is 59.7 Å². The van der Waals surface area contributed by atoms with Crippen LogP contribution in [0.25, 0.3) is 0 Å². The Kier molecular flexibility index (Phi) is 5.16. The molecule has 2 aromatic carbocycles. The van der Waals surface area contributed by atoms with Gasteiger partial charge in [0, 0.05) is 6.42 Å². The maximum atomic E-state index is 11.5. The minimum absolute atomic E-state index is 0.220. The van der Waals surface area contributed by atoms with Crippen LogP contribution in [-0.4, -0.2) is 21.0 Å². The van der Waals surface area contributed by atoms with Gasteiger partial charge < -0.3 is 9.53 Å². The van der Waals surface area contributed by atoms with E-state index in [0.29, 0.717) is 23.6 Å². The topological polar surface area (TPSA) is 72.5 Å². The van der Waals surface area contributed by atoms with Crippen LogP contribution in [0.1, 0.15) is 11.1 Å². The van der Waals surface area contributed by atoms with Crippen LogP contribution in [0.5, 0.6) is 5.75 Å². The summed E-state index contributed by atoms with van der Waals surface area (Å²) in [5, 5.41) is 0. The molecule has 22 heavy (non-hydrogen) atoms. The summed E-state index contributed by atoms with van der Waals surface area (Å²) in [5.74, 6) is 0.420. The minimum Gasteiger partial charge on any atom is -0.487 e. The van der Waals surface area contributed by atoms with Crippen molar-refractivity contribution in [3.63, 3.8) is 0 Å². The fraction of sp³-hybridized carbons (Fsp3) is 0.188. The number of benzene rings is 2. The van der Waals surface area contributed by atoms with Gasteiger partial charge >= 0.3 is 0 Å². The summed E-state index contributed by atoms with van der Waals surface area (Å²) in [6, 6.07) is 14.6. The molecule has 0 radical (unpaired) electrons. The number of sulfonamides is 1. The molecule has 0 aliphatic heterocycles. The molecule has 0 saturated heterocycles. The number of ether oxygens (including phenoxy) is 1. The number of carbonyl (C=O) groups is 1. The lowest BCUT2D eigenvalue weighted by Gasteiger charge is -2.13. The van der Waals surface area contributed by atoms with E-state index < -0.39 is 10.0 Å². The molecule has 0 saturated carbocycles. The predicted molar refractivity (Wildman–Crippen MR) is 85.5 cm³/mol. The molecule has 6 heteroatoms. The minimum atomic E-state index is -3.43. The summed E-state index contributed by atoms with van der Waals surface area (Å²) in [6.45, 7) is 0.326. The number of aldehydes is 1. The van der Waals surface area contributed by atoms with Gasteiger partial charge in [-0.05, 0) is 23.3 Å². The number of anilines is 1. The zero-order valence-corrected chi connectivity index (χ0v) is 13.0. The molecule has 2 rings (SSSR count). The third-order valence-corrected chi connectivity index (χ3v) is 3.49. The van der Waals surface area contributed by atoms with Crippen LogP contribution in [0, 0.1) is 0 Å². The zero-order chi connectivity index (χ0) is 16.0. The van der Waals surface area contributed by atoms with Gasteiger partial charge in [-0.15, -0.1) is 0 Å². The first-order chi connectivity index (χ1) is 10.5. The summed E-state index contributed by atoms with van der Waals surface area (Å²) >= 11 is 0. The van der Waals surface area contributed by atoms with Gasteiger partial charge in [0.15, 0.2) is 0 Å². The molecule has 0 bridgehead atoms. The molecule has 0 aromatic heterocycles. The molecule has 0 heterocycles. The van der Waals surface area contributed by atoms with Crippen LogP contribution in [0.2, 0.25) is 0 Å². The Bertz CT molecular complexity index is 742. The van der Waals surface area contributed by atoms with Crippen LogP contribution < -0.4 is 9.46 Å². The Balaban J connectivity index is 2.23. The molecule has 0 amide bonds. The van der Waals surface area contributed by atoms with Gasteiger partial charge in [-0.2, -0.15) is 0 Å². The zero-order valence-electron chi connectivity index (χ0n) is 12.2. The second-order valence-electron chi connectivity index (χ2n) is 4.85. The number of rotatable bonds is 7. The van der Waals surface area contributed by atoms with Crippen molar-refractivity contribution < 1.29 is 17.9 Å². The SMILES string of the molecule is CS(=O)(=O)Nc1cc(CC=O)ccc1OCc1ccccc1. The number of hydrogen-bond acceptors (Lipinski definition) is 4. The molecule has 0 atom stereocenters. The van der Waals surface area contributed by atoms with E-state index in [1.807, 2.05) is 30.3 Å². The summed E-state index contributed by atoms with van der Waals surface area (Å²) in [4.78, 5) is 10.6. The smallest absolute Gasteiger partial charge is 0.229 e. The highest BCUT2D eigenvalue weighted by molar-refractivity contribution is 7.92. The molecule has 0 unspecified atom stereocenters. The number of carbonyl (C=O) groups excluding carboxylic acids is 1. The Morgan fingerprint density at radius 1 is 1.09 bits per heavy atom. The molecule has 0 spiro atoms. The van der Waals surface area contributed by atoms with Gasteiger partial charge in [-0.25, -0.2) is 8.42 Å². The van der Waals surface area contributed by atoms with E-state index in [1.54, 1.807) is 18.2 Å². The van der Waals surface area contributed by atoms with Crippen LogP contribution in [0.15, 0.2) is 48.5 Å². The maximum absolute atomic E-state index is 11.5. The summed E-state index contributed by atoms with van der Waals surface area (Å²) < 4.78 is 31.0. The van der Waals surface area contributed by atoms with Crippen LogP contribution in [-0.2, 0) is 27.8 Å². The Morgan fingerprint density at radius 3 is 2.45 bits per heavy atom. The maximum Gasteiger partial charge on any atom is 0.229 e. The van der Waals surface area contributed by atoms with Gasteiger partial charge in [0.05, 0.1) is 11.9 Å². The van der Waals surface area contributed by atoms with E-state index in [-0.39, 0.29) is 6.42 Å². The molecule has 2 aromatic rings. The normalized spacial score (nSPS) is 11.0. The standard InChI is InChI=1S/C16H17NO4S/c1-22(19,20)17-15-11-13(9-10-18)7-8-16(15)21-12-14-5-3-2-4-6-14/h2-8,10-11,17H,9,12H2,1H3. The lowest BCUT2D eigenvalue weighted by Crippen LogP contribution is -2.11. The van der Waals surface area contributed by atoms with E-state index >= 15 is 0 Å². The summed E-state index contributed by atoms with van der Waals surface area (Å²) in [5.41, 5.74) is 2.02. The van der Waals surface area contributed by atoms with E-state index in [2.05, 4.69) is 4.72 Å². The highest BCUT2D eigenvalue weighted by Crippen LogP contribution is 2.27. The first kappa shape index (κ1) is 16.0. The van der Waals surface area contributed by atoms with E-state index in [9.17, 15) is 13.2 Å². The third-order valence-electron chi connectivity index (χ3n) is 2.90. The predicted octanol–water partition coefficient (Wildman–Crippen LogP) is 2.38. The quantitative estimate of drug-likeness (QED) is 0.795. The molecule has 116 valence electrons. The average Bonchev–Trinajstić information content (AvgIpc) is 2.46. The Morgan fingerprint density at radius 2 is 1.82 bits per heavy atom. The second-order valence-corrected chi connectivity index (χ2v) is 6.60. The van der Waals surface area contributed by atoms with Gasteiger partial charge in [0.1, 0.15) is 18.6 Å². The van der Waals surface area contributed by atoms with Crippen molar-refractivity contribution in [2.24, 2.45) is 0 Å². The molecular weight excluding hydrogens is 302 g/mol. The molecule has 0 aliphatic rings. The van der Waals surface area contributed by atoms with E-state index in [1.165, 1.54) is 0 Å². The van der Waals surface area contributed by atoms with E-state index in [0.717, 1.165) is 18.1 Å². The molecule has 0 aliphatic carbocycles. The second kappa shape index (κ2) is 7.09. The Labute approximate surface area is 130 Å². The largest absolute Gasteiger partial charge is 0.487 e.